The number of aliphatic hydroxyl groups excluding tert-OH is 1. The van der Waals surface area contributed by atoms with E-state index < -0.39 is 0 Å². The van der Waals surface area contributed by atoms with Gasteiger partial charge in [-0.25, -0.2) is 0 Å². The summed E-state index contributed by atoms with van der Waals surface area (Å²) < 4.78 is 0. The Kier molecular flexibility index (Phi) is 3.92. The van der Waals surface area contributed by atoms with E-state index in [2.05, 4.69) is 5.32 Å². The number of benzene rings is 1. The van der Waals surface area contributed by atoms with E-state index >= 15 is 0 Å². The van der Waals surface area contributed by atoms with Crippen LogP contribution in [0.3, 0.4) is 0 Å². The SMILES string of the molecule is Cc1ccc(CN)c(NC(C)CO)c1. The lowest BCUT2D eigenvalue weighted by Gasteiger charge is -2.16. The van der Waals surface area contributed by atoms with Crippen LogP contribution in [0.15, 0.2) is 18.2 Å². The molecule has 14 heavy (non-hydrogen) atoms. The Morgan fingerprint density at radius 3 is 2.79 bits per heavy atom. The van der Waals surface area contributed by atoms with Crippen LogP contribution in [0.5, 0.6) is 0 Å². The maximum Gasteiger partial charge on any atom is 0.0630 e. The second-order valence-corrected chi connectivity index (χ2v) is 3.59. The Morgan fingerprint density at radius 1 is 1.50 bits per heavy atom. The van der Waals surface area contributed by atoms with E-state index in [9.17, 15) is 0 Å². The summed E-state index contributed by atoms with van der Waals surface area (Å²) in [5, 5.41) is 12.2. The summed E-state index contributed by atoms with van der Waals surface area (Å²) in [4.78, 5) is 0. The van der Waals surface area contributed by atoms with E-state index in [-0.39, 0.29) is 12.6 Å². The van der Waals surface area contributed by atoms with Crippen LogP contribution in [-0.4, -0.2) is 17.8 Å². The summed E-state index contributed by atoms with van der Waals surface area (Å²) in [5.41, 5.74) is 8.91. The number of rotatable bonds is 4. The minimum atomic E-state index is 0.0575. The maximum absolute atomic E-state index is 8.94. The molecule has 0 saturated carbocycles. The van der Waals surface area contributed by atoms with Gasteiger partial charge in [0.1, 0.15) is 0 Å². The highest BCUT2D eigenvalue weighted by Crippen LogP contribution is 2.17. The molecular weight excluding hydrogens is 176 g/mol. The van der Waals surface area contributed by atoms with Gasteiger partial charge >= 0.3 is 0 Å². The molecule has 4 N–H and O–H groups in total. The van der Waals surface area contributed by atoms with Crippen molar-refractivity contribution >= 4 is 5.69 Å². The molecule has 1 aromatic carbocycles. The zero-order valence-corrected chi connectivity index (χ0v) is 8.75. The van der Waals surface area contributed by atoms with Crippen molar-refractivity contribution < 1.29 is 5.11 Å². The van der Waals surface area contributed by atoms with Crippen LogP contribution in [0.2, 0.25) is 0 Å². The number of aliphatic hydroxyl groups is 1. The molecule has 0 amide bonds. The molecule has 0 aromatic heterocycles. The van der Waals surface area contributed by atoms with Gasteiger partial charge in [0.15, 0.2) is 0 Å². The summed E-state index contributed by atoms with van der Waals surface area (Å²) in [6.45, 7) is 4.61. The first kappa shape index (κ1) is 11.0. The lowest BCUT2D eigenvalue weighted by molar-refractivity contribution is 0.281. The fourth-order valence-electron chi connectivity index (χ4n) is 1.31. The third-order valence-electron chi connectivity index (χ3n) is 2.16. The van der Waals surface area contributed by atoms with Crippen molar-refractivity contribution in [3.63, 3.8) is 0 Å². The van der Waals surface area contributed by atoms with Crippen molar-refractivity contribution in [1.29, 1.82) is 0 Å². The van der Waals surface area contributed by atoms with E-state index in [0.29, 0.717) is 6.54 Å². The summed E-state index contributed by atoms with van der Waals surface area (Å²) in [6.07, 6.45) is 0. The Hall–Kier alpha value is -1.06. The molecule has 1 aromatic rings. The normalized spacial score (nSPS) is 12.6. The zero-order chi connectivity index (χ0) is 10.6. The molecule has 1 rings (SSSR count). The van der Waals surface area contributed by atoms with Crippen LogP contribution in [0.1, 0.15) is 18.1 Å². The Morgan fingerprint density at radius 2 is 2.21 bits per heavy atom. The van der Waals surface area contributed by atoms with Gasteiger partial charge in [-0.3, -0.25) is 0 Å². The average Bonchev–Trinajstić information content (AvgIpc) is 2.18. The van der Waals surface area contributed by atoms with E-state index in [4.69, 9.17) is 10.8 Å². The summed E-state index contributed by atoms with van der Waals surface area (Å²) in [6, 6.07) is 6.16. The second-order valence-electron chi connectivity index (χ2n) is 3.59. The highest BCUT2D eigenvalue weighted by atomic mass is 16.3. The predicted molar refractivity (Wildman–Crippen MR) is 59.2 cm³/mol. The lowest BCUT2D eigenvalue weighted by Crippen LogP contribution is -2.20. The van der Waals surface area contributed by atoms with Crippen LogP contribution in [0, 0.1) is 6.92 Å². The standard InChI is InChI=1S/C11H18N2O/c1-8-3-4-10(6-12)11(5-8)13-9(2)7-14/h3-5,9,13-14H,6-7,12H2,1-2H3. The number of hydrogen-bond donors (Lipinski definition) is 3. The topological polar surface area (TPSA) is 58.3 Å². The number of hydrogen-bond acceptors (Lipinski definition) is 3. The first-order chi connectivity index (χ1) is 6.67. The minimum absolute atomic E-state index is 0.0575. The van der Waals surface area contributed by atoms with Gasteiger partial charge in [0.25, 0.3) is 0 Å². The molecular formula is C11H18N2O. The first-order valence-corrected chi connectivity index (χ1v) is 4.84. The van der Waals surface area contributed by atoms with Crippen molar-refractivity contribution in [2.75, 3.05) is 11.9 Å². The fourth-order valence-corrected chi connectivity index (χ4v) is 1.31. The third kappa shape index (κ3) is 2.72. The van der Waals surface area contributed by atoms with E-state index in [0.717, 1.165) is 11.3 Å². The average molecular weight is 194 g/mol. The molecule has 3 nitrogen and oxygen atoms in total. The van der Waals surface area contributed by atoms with E-state index in [1.165, 1.54) is 5.56 Å². The highest BCUT2D eigenvalue weighted by Gasteiger charge is 2.04. The first-order valence-electron chi connectivity index (χ1n) is 4.84. The number of nitrogens with one attached hydrogen (secondary N) is 1. The largest absolute Gasteiger partial charge is 0.394 e. The van der Waals surface area contributed by atoms with Crippen molar-refractivity contribution in [2.45, 2.75) is 26.4 Å². The fraction of sp³-hybridized carbons (Fsp3) is 0.455. The molecule has 0 aliphatic rings. The van der Waals surface area contributed by atoms with Gasteiger partial charge in [-0.05, 0) is 31.0 Å². The van der Waals surface area contributed by atoms with Gasteiger partial charge in [-0.2, -0.15) is 0 Å². The summed E-state index contributed by atoms with van der Waals surface area (Å²) >= 11 is 0. The number of aryl methyl sites for hydroxylation is 1. The molecule has 0 spiro atoms. The molecule has 0 heterocycles. The Labute approximate surface area is 84.9 Å². The van der Waals surface area contributed by atoms with Crippen LogP contribution in [-0.2, 0) is 6.54 Å². The number of nitrogens with two attached hydrogens (primary N) is 1. The molecule has 0 radical (unpaired) electrons. The maximum atomic E-state index is 8.94. The molecule has 1 atom stereocenters. The van der Waals surface area contributed by atoms with Crippen molar-refractivity contribution in [1.82, 2.24) is 0 Å². The molecule has 0 saturated heterocycles. The van der Waals surface area contributed by atoms with Crippen LogP contribution in [0.4, 0.5) is 5.69 Å². The highest BCUT2D eigenvalue weighted by molar-refractivity contribution is 5.53. The number of anilines is 1. The molecule has 0 fully saturated rings. The Balaban J connectivity index is 2.87. The van der Waals surface area contributed by atoms with Gasteiger partial charge < -0.3 is 16.2 Å². The lowest BCUT2D eigenvalue weighted by atomic mass is 10.1. The molecule has 78 valence electrons. The van der Waals surface area contributed by atoms with Gasteiger partial charge in [-0.15, -0.1) is 0 Å². The quantitative estimate of drug-likeness (QED) is 0.676. The zero-order valence-electron chi connectivity index (χ0n) is 8.75. The monoisotopic (exact) mass is 194 g/mol. The second kappa shape index (κ2) is 4.98. The van der Waals surface area contributed by atoms with Gasteiger partial charge in [0, 0.05) is 18.3 Å². The van der Waals surface area contributed by atoms with E-state index in [1.807, 2.05) is 32.0 Å². The van der Waals surface area contributed by atoms with Crippen LogP contribution >= 0.6 is 0 Å². The third-order valence-corrected chi connectivity index (χ3v) is 2.16. The predicted octanol–water partition coefficient (Wildman–Crippen LogP) is 1.25. The van der Waals surface area contributed by atoms with Crippen LogP contribution < -0.4 is 11.1 Å². The summed E-state index contributed by atoms with van der Waals surface area (Å²) in [5.74, 6) is 0. The molecule has 3 heteroatoms. The smallest absolute Gasteiger partial charge is 0.0630 e. The van der Waals surface area contributed by atoms with Crippen molar-refractivity contribution in [2.24, 2.45) is 5.73 Å². The minimum Gasteiger partial charge on any atom is -0.394 e. The Bertz CT molecular complexity index is 299. The molecule has 0 bridgehead atoms. The van der Waals surface area contributed by atoms with Crippen molar-refractivity contribution in [3.05, 3.63) is 29.3 Å². The molecule has 1 unspecified atom stereocenters. The van der Waals surface area contributed by atoms with Crippen LogP contribution in [0.25, 0.3) is 0 Å². The van der Waals surface area contributed by atoms with E-state index in [1.54, 1.807) is 0 Å². The van der Waals surface area contributed by atoms with Gasteiger partial charge in [-0.1, -0.05) is 12.1 Å². The molecule has 0 aliphatic heterocycles. The summed E-state index contributed by atoms with van der Waals surface area (Å²) in [7, 11) is 0. The van der Waals surface area contributed by atoms with Crippen molar-refractivity contribution in [3.8, 4) is 0 Å². The van der Waals surface area contributed by atoms with Gasteiger partial charge in [0.05, 0.1) is 6.61 Å². The van der Waals surface area contributed by atoms with Gasteiger partial charge in [0.2, 0.25) is 0 Å². The molecule has 0 aliphatic carbocycles.